The molecule has 98 valence electrons. The number of nitrogen functional groups attached to an aromatic ring is 1. The molecule has 3 nitrogen and oxygen atoms in total. The normalized spacial score (nSPS) is 10.5. The number of hydrogen-bond acceptors (Lipinski definition) is 3. The second-order valence-electron chi connectivity index (χ2n) is 3.84. The predicted octanol–water partition coefficient (Wildman–Crippen LogP) is 4.49. The molecule has 0 saturated heterocycles. The van der Waals surface area contributed by atoms with Gasteiger partial charge in [-0.2, -0.15) is 0 Å². The van der Waals surface area contributed by atoms with Crippen LogP contribution >= 0.6 is 47.8 Å². The summed E-state index contributed by atoms with van der Waals surface area (Å²) in [6, 6.07) is 8.19. The molecule has 0 aromatic heterocycles. The van der Waals surface area contributed by atoms with Crippen molar-refractivity contribution >= 4 is 59.3 Å². The molecule has 0 aliphatic carbocycles. The molecule has 6 heteroatoms. The molecule has 0 fully saturated rings. The molecule has 0 aliphatic heterocycles. The number of carbonyl (C=O) groups is 1. The highest BCUT2D eigenvalue weighted by atomic mass is 79.9. The van der Waals surface area contributed by atoms with Crippen molar-refractivity contribution in [3.63, 3.8) is 0 Å². The molecule has 3 N–H and O–H groups in total. The third kappa shape index (κ3) is 2.85. The second-order valence-corrected chi connectivity index (χ2v) is 6.28. The summed E-state index contributed by atoms with van der Waals surface area (Å²) in [6.07, 6.45) is 0. The Kier molecular flexibility index (Phi) is 4.32. The summed E-state index contributed by atoms with van der Waals surface area (Å²) < 4.78 is 1.74. The average molecular weight is 450 g/mol. The molecule has 0 aliphatic rings. The second kappa shape index (κ2) is 5.64. The molecular formula is C13H8Br3NO2. The zero-order valence-corrected chi connectivity index (χ0v) is 14.2. The number of carbonyl (C=O) groups excluding carboxylic acids is 1. The Hall–Kier alpha value is -0.850. The first-order valence-corrected chi connectivity index (χ1v) is 7.56. The standard InChI is InChI=1S/C13H8Br3NO2/c14-9-5-8(13(19)11(16)10(9)15)12(18)6-2-1-3-7(17)4-6/h1-5,19H,17H2. The van der Waals surface area contributed by atoms with Crippen LogP contribution < -0.4 is 5.73 Å². The van der Waals surface area contributed by atoms with E-state index < -0.39 is 0 Å². The summed E-state index contributed by atoms with van der Waals surface area (Å²) in [6.45, 7) is 0. The van der Waals surface area contributed by atoms with Crippen LogP contribution in [0.5, 0.6) is 5.75 Å². The van der Waals surface area contributed by atoms with Crippen molar-refractivity contribution in [3.8, 4) is 5.75 Å². The fourth-order valence-corrected chi connectivity index (χ4v) is 3.02. The third-order valence-electron chi connectivity index (χ3n) is 2.53. The number of anilines is 1. The van der Waals surface area contributed by atoms with Crippen LogP contribution in [-0.2, 0) is 0 Å². The molecular weight excluding hydrogens is 442 g/mol. The van der Waals surface area contributed by atoms with E-state index in [2.05, 4.69) is 47.8 Å². The van der Waals surface area contributed by atoms with Crippen molar-refractivity contribution < 1.29 is 9.90 Å². The number of phenolic OH excluding ortho intramolecular Hbond substituents is 1. The Morgan fingerprint density at radius 3 is 2.42 bits per heavy atom. The molecule has 2 aromatic carbocycles. The summed E-state index contributed by atoms with van der Waals surface area (Å²) >= 11 is 9.85. The van der Waals surface area contributed by atoms with Crippen LogP contribution in [0.4, 0.5) is 5.69 Å². The number of hydrogen-bond donors (Lipinski definition) is 2. The third-order valence-corrected chi connectivity index (χ3v) is 5.82. The highest BCUT2D eigenvalue weighted by molar-refractivity contribution is 9.14. The van der Waals surface area contributed by atoms with E-state index in [4.69, 9.17) is 5.73 Å². The van der Waals surface area contributed by atoms with Crippen LogP contribution in [0.25, 0.3) is 0 Å². The highest BCUT2D eigenvalue weighted by Gasteiger charge is 2.19. The minimum atomic E-state index is -0.293. The zero-order valence-electron chi connectivity index (χ0n) is 9.45. The fourth-order valence-electron chi connectivity index (χ4n) is 1.59. The summed E-state index contributed by atoms with van der Waals surface area (Å²) in [5.74, 6) is -0.402. The zero-order chi connectivity index (χ0) is 14.2. The van der Waals surface area contributed by atoms with Crippen molar-refractivity contribution in [2.45, 2.75) is 0 Å². The molecule has 19 heavy (non-hydrogen) atoms. The minimum Gasteiger partial charge on any atom is -0.506 e. The Bertz CT molecular complexity index is 671. The summed E-state index contributed by atoms with van der Waals surface area (Å²) in [4.78, 5) is 12.4. The number of aromatic hydroxyl groups is 1. The maximum atomic E-state index is 12.4. The van der Waals surface area contributed by atoms with Gasteiger partial charge in [0.25, 0.3) is 0 Å². The van der Waals surface area contributed by atoms with E-state index in [0.717, 1.165) is 0 Å². The van der Waals surface area contributed by atoms with Crippen LogP contribution in [0.1, 0.15) is 15.9 Å². The van der Waals surface area contributed by atoms with Crippen molar-refractivity contribution in [2.75, 3.05) is 5.73 Å². The SMILES string of the molecule is Nc1cccc(C(=O)c2cc(Br)c(Br)c(Br)c2O)c1. The van der Waals surface area contributed by atoms with Crippen molar-refractivity contribution in [2.24, 2.45) is 0 Å². The lowest BCUT2D eigenvalue weighted by atomic mass is 10.0. The number of phenols is 1. The number of rotatable bonds is 2. The number of halogens is 3. The molecule has 0 unspecified atom stereocenters. The van der Waals surface area contributed by atoms with Crippen LogP contribution in [0.3, 0.4) is 0 Å². The predicted molar refractivity (Wildman–Crippen MR) is 85.5 cm³/mol. The Morgan fingerprint density at radius 1 is 1.11 bits per heavy atom. The molecule has 0 heterocycles. The van der Waals surface area contributed by atoms with Crippen LogP contribution in [0, 0.1) is 0 Å². The summed E-state index contributed by atoms with van der Waals surface area (Å²) in [5, 5.41) is 10.1. The summed E-state index contributed by atoms with van der Waals surface area (Å²) in [5.41, 5.74) is 6.78. The minimum absolute atomic E-state index is 0.109. The van der Waals surface area contributed by atoms with Gasteiger partial charge in [0.05, 0.1) is 10.0 Å². The van der Waals surface area contributed by atoms with Gasteiger partial charge in [-0.05, 0) is 66.0 Å². The van der Waals surface area contributed by atoms with Crippen LogP contribution in [0.2, 0.25) is 0 Å². The first-order chi connectivity index (χ1) is 8.91. The van der Waals surface area contributed by atoms with Crippen molar-refractivity contribution in [1.29, 1.82) is 0 Å². The summed E-state index contributed by atoms with van der Waals surface area (Å²) in [7, 11) is 0. The highest BCUT2D eigenvalue weighted by Crippen LogP contribution is 2.40. The molecule has 0 spiro atoms. The van der Waals surface area contributed by atoms with Gasteiger partial charge in [0, 0.05) is 20.2 Å². The lowest BCUT2D eigenvalue weighted by Crippen LogP contribution is -2.03. The van der Waals surface area contributed by atoms with Crippen LogP contribution in [-0.4, -0.2) is 10.9 Å². The van der Waals surface area contributed by atoms with E-state index in [0.29, 0.717) is 24.7 Å². The lowest BCUT2D eigenvalue weighted by molar-refractivity contribution is 0.103. The van der Waals surface area contributed by atoms with E-state index in [1.807, 2.05) is 0 Å². The maximum absolute atomic E-state index is 12.4. The van der Waals surface area contributed by atoms with E-state index in [1.54, 1.807) is 30.3 Å². The first kappa shape index (κ1) is 14.6. The van der Waals surface area contributed by atoms with E-state index in [-0.39, 0.29) is 17.1 Å². The van der Waals surface area contributed by atoms with Gasteiger partial charge < -0.3 is 10.8 Å². The first-order valence-electron chi connectivity index (χ1n) is 5.18. The van der Waals surface area contributed by atoms with Gasteiger partial charge in [0.1, 0.15) is 5.75 Å². The Morgan fingerprint density at radius 2 is 1.79 bits per heavy atom. The van der Waals surface area contributed by atoms with Crippen molar-refractivity contribution in [3.05, 3.63) is 54.9 Å². The molecule has 0 amide bonds. The number of ketones is 1. The number of benzene rings is 2. The molecule has 2 aromatic rings. The molecule has 0 saturated carbocycles. The number of nitrogens with two attached hydrogens (primary N) is 1. The molecule has 0 bridgehead atoms. The van der Waals surface area contributed by atoms with Gasteiger partial charge in [-0.3, -0.25) is 4.79 Å². The van der Waals surface area contributed by atoms with Gasteiger partial charge in [0.15, 0.2) is 5.78 Å². The quantitative estimate of drug-likeness (QED) is 0.403. The molecule has 0 atom stereocenters. The molecule has 2 rings (SSSR count). The van der Waals surface area contributed by atoms with Gasteiger partial charge in [-0.1, -0.05) is 12.1 Å². The van der Waals surface area contributed by atoms with Gasteiger partial charge in [0.2, 0.25) is 0 Å². The molecule has 0 radical (unpaired) electrons. The van der Waals surface area contributed by atoms with E-state index in [1.165, 1.54) is 0 Å². The van der Waals surface area contributed by atoms with E-state index >= 15 is 0 Å². The smallest absolute Gasteiger partial charge is 0.196 e. The Balaban J connectivity index is 2.57. The maximum Gasteiger partial charge on any atom is 0.196 e. The monoisotopic (exact) mass is 447 g/mol. The van der Waals surface area contributed by atoms with Gasteiger partial charge in [-0.15, -0.1) is 0 Å². The van der Waals surface area contributed by atoms with Gasteiger partial charge >= 0.3 is 0 Å². The van der Waals surface area contributed by atoms with Gasteiger partial charge in [-0.25, -0.2) is 0 Å². The van der Waals surface area contributed by atoms with Crippen molar-refractivity contribution in [1.82, 2.24) is 0 Å². The topological polar surface area (TPSA) is 63.3 Å². The fraction of sp³-hybridized carbons (Fsp3) is 0. The van der Waals surface area contributed by atoms with E-state index in [9.17, 15) is 9.90 Å². The Labute approximate surface area is 135 Å². The largest absolute Gasteiger partial charge is 0.506 e. The lowest BCUT2D eigenvalue weighted by Gasteiger charge is -2.09. The van der Waals surface area contributed by atoms with Crippen LogP contribution in [0.15, 0.2) is 43.7 Å². The average Bonchev–Trinajstić information content (AvgIpc) is 2.40.